The van der Waals surface area contributed by atoms with Crippen LogP contribution in [0.5, 0.6) is 0 Å². The van der Waals surface area contributed by atoms with Gasteiger partial charge in [-0.3, -0.25) is 0 Å². The molecule has 0 spiro atoms. The van der Waals surface area contributed by atoms with Crippen LogP contribution in [-0.2, 0) is 0 Å². The van der Waals surface area contributed by atoms with E-state index in [2.05, 4.69) is 567 Å². The first-order valence-electron chi connectivity index (χ1n) is 49.6. The van der Waals surface area contributed by atoms with Gasteiger partial charge in [0.2, 0.25) is 0 Å². The molecule has 0 radical (unpaired) electrons. The highest BCUT2D eigenvalue weighted by atomic mass is 15.0. The van der Waals surface area contributed by atoms with Crippen molar-refractivity contribution in [3.05, 3.63) is 545 Å². The van der Waals surface area contributed by atoms with E-state index in [1.807, 2.05) is 19.1 Å². The first-order chi connectivity index (χ1) is 70.9. The third-order valence-corrected chi connectivity index (χ3v) is 28.7. The van der Waals surface area contributed by atoms with Gasteiger partial charge in [0.05, 0.1) is 66.2 Å². The Morgan fingerprint density at radius 2 is 0.424 bits per heavy atom. The van der Waals surface area contributed by atoms with Crippen LogP contribution in [0.4, 0.5) is 0 Å². The van der Waals surface area contributed by atoms with Gasteiger partial charge < -0.3 is 27.4 Å². The summed E-state index contributed by atoms with van der Waals surface area (Å²) < 4.78 is 14.3. The van der Waals surface area contributed by atoms with E-state index in [1.165, 1.54) is 226 Å². The highest BCUT2D eigenvalue weighted by molar-refractivity contribution is 6.18. The molecule has 19 aromatic carbocycles. The molecule has 0 bridgehead atoms. The summed E-state index contributed by atoms with van der Waals surface area (Å²) in [5, 5.41) is 15.0. The number of rotatable bonds is 19. The molecule has 0 amide bonds. The van der Waals surface area contributed by atoms with Gasteiger partial charge in [-0.2, -0.15) is 0 Å². The maximum atomic E-state index is 4.22. The number of hydrogen-bond donors (Lipinski definition) is 0. The predicted molar refractivity (Wildman–Crippen MR) is 620 cm³/mol. The Labute approximate surface area is 839 Å². The SMILES string of the molecule is C=C/C=C\C(=C)/C(C)=C/C=C(\C)n1c2ccc(-c3ccccc3)cc2c2cc(-c3ccc4c5ccccc5n(-c5ccccc5)c4c3)ccc21.C\C=C/C=C(C)/C(C)=C/C=C(\C)n1c2ccccc2c2cc(-c3ccc4c(c3)c3ccc(-c5ccccc5)cc3n4-c3ccccc3)ccc21.c1ccc(-c2ccc3c4cc(-c5ccc6c(c5)c5ccccc5n6-c5ccccc5)ccc4n(-c4ccccc4)c3c2)cc1. The fourth-order valence-electron chi connectivity index (χ4n) is 21.2. The normalized spacial score (nSPS) is 12.4. The van der Waals surface area contributed by atoms with Crippen molar-refractivity contribution in [1.82, 2.24) is 27.4 Å². The Morgan fingerprint density at radius 3 is 0.778 bits per heavy atom. The van der Waals surface area contributed by atoms with Gasteiger partial charge in [0.25, 0.3) is 0 Å². The molecule has 0 aliphatic carbocycles. The van der Waals surface area contributed by atoms with E-state index >= 15 is 0 Å². The smallest absolute Gasteiger partial charge is 0.0547 e. The summed E-state index contributed by atoms with van der Waals surface area (Å²) in [6.07, 6.45) is 20.8. The largest absolute Gasteiger partial charge is 0.313 e. The van der Waals surface area contributed by atoms with Crippen LogP contribution in [0.2, 0.25) is 0 Å². The zero-order valence-electron chi connectivity index (χ0n) is 81.6. The molecule has 6 aromatic heterocycles. The summed E-state index contributed by atoms with van der Waals surface area (Å²) in [6.45, 7) is 20.9. The average molecular weight is 1850 g/mol. The Kier molecular flexibility index (Phi) is 24.1. The van der Waals surface area contributed by atoms with E-state index in [4.69, 9.17) is 0 Å². The first kappa shape index (κ1) is 89.5. The van der Waals surface area contributed by atoms with E-state index in [-0.39, 0.29) is 0 Å². The minimum atomic E-state index is 0.969. The predicted octanol–water partition coefficient (Wildman–Crippen LogP) is 38.1. The van der Waals surface area contributed by atoms with Crippen molar-refractivity contribution in [1.29, 1.82) is 0 Å². The maximum Gasteiger partial charge on any atom is 0.0547 e. The number of nitrogens with zero attached hydrogens (tertiary/aromatic N) is 6. The zero-order chi connectivity index (χ0) is 97.4. The van der Waals surface area contributed by atoms with Gasteiger partial charge in [0, 0.05) is 98.8 Å². The molecule has 0 atom stereocenters. The van der Waals surface area contributed by atoms with Crippen molar-refractivity contribution in [2.75, 3.05) is 0 Å². The lowest BCUT2D eigenvalue weighted by atomic mass is 9.99. The van der Waals surface area contributed by atoms with Crippen LogP contribution in [0.3, 0.4) is 0 Å². The van der Waals surface area contributed by atoms with Gasteiger partial charge >= 0.3 is 0 Å². The molecular formula is C138H106N6. The summed E-state index contributed by atoms with van der Waals surface area (Å²) in [5.74, 6) is 0. The Bertz CT molecular complexity index is 9550. The minimum absolute atomic E-state index is 0.969. The molecule has 0 saturated carbocycles. The van der Waals surface area contributed by atoms with Crippen molar-refractivity contribution < 1.29 is 0 Å². The monoisotopic (exact) mass is 1850 g/mol. The first-order valence-corrected chi connectivity index (χ1v) is 49.6. The van der Waals surface area contributed by atoms with Gasteiger partial charge in [0.15, 0.2) is 0 Å². The van der Waals surface area contributed by atoms with Crippen molar-refractivity contribution in [2.45, 2.75) is 41.5 Å². The number of aromatic nitrogens is 6. The number of benzene rings is 19. The highest BCUT2D eigenvalue weighted by Gasteiger charge is 2.24. The Hall–Kier alpha value is -18.4. The number of allylic oxidation sites excluding steroid dienone is 16. The van der Waals surface area contributed by atoms with E-state index < -0.39 is 0 Å². The molecule has 688 valence electrons. The molecular weight excluding hydrogens is 1740 g/mol. The van der Waals surface area contributed by atoms with Crippen LogP contribution in [0.1, 0.15) is 41.5 Å². The molecule has 0 unspecified atom stereocenters. The lowest BCUT2D eigenvalue weighted by molar-refractivity contribution is 1.18. The van der Waals surface area contributed by atoms with Crippen LogP contribution >= 0.6 is 0 Å². The fraction of sp³-hybridized carbons (Fsp3) is 0.0435. The van der Waals surface area contributed by atoms with E-state index in [0.29, 0.717) is 0 Å². The second-order valence-electron chi connectivity index (χ2n) is 37.4. The molecule has 6 nitrogen and oxygen atoms in total. The van der Waals surface area contributed by atoms with Crippen molar-refractivity contribution >= 4 is 142 Å². The second-order valence-corrected chi connectivity index (χ2v) is 37.4. The van der Waals surface area contributed by atoms with Crippen molar-refractivity contribution in [2.24, 2.45) is 0 Å². The quantitative estimate of drug-likeness (QED) is 0.0722. The lowest BCUT2D eigenvalue weighted by Crippen LogP contribution is -1.94. The van der Waals surface area contributed by atoms with Crippen LogP contribution in [-0.4, -0.2) is 27.4 Å². The Balaban J connectivity index is 0.000000120. The van der Waals surface area contributed by atoms with Crippen LogP contribution in [0.15, 0.2) is 545 Å². The van der Waals surface area contributed by atoms with Gasteiger partial charge in [-0.1, -0.05) is 353 Å². The van der Waals surface area contributed by atoms with Crippen LogP contribution in [0, 0.1) is 0 Å². The Morgan fingerprint density at radius 1 is 0.194 bits per heavy atom. The number of hydrogen-bond acceptors (Lipinski definition) is 0. The lowest BCUT2D eigenvalue weighted by Gasteiger charge is -2.10. The number of para-hydroxylation sites is 7. The third kappa shape index (κ3) is 16.7. The van der Waals surface area contributed by atoms with Crippen LogP contribution < -0.4 is 0 Å². The summed E-state index contributed by atoms with van der Waals surface area (Å²) >= 11 is 0. The van der Waals surface area contributed by atoms with E-state index in [9.17, 15) is 0 Å². The minimum Gasteiger partial charge on any atom is -0.313 e. The molecule has 25 aromatic rings. The fourth-order valence-corrected chi connectivity index (χ4v) is 21.2. The van der Waals surface area contributed by atoms with E-state index in [1.54, 1.807) is 6.08 Å². The standard InChI is InChI=1S/C48H40N2.C48H38N2.C42H28N2/c1-5-6-15-33(2)34(3)22-23-35(4)49-45-21-14-13-20-41(45)43-30-37(25-28-46(43)49)38-26-29-47-44(31-38)42-27-24-39(36-16-9-7-10-17-36)32-48(42)50(47)40-18-11-8-12-19-40;1-5-6-15-33(2)34(3)22-23-35(4)49-46-28-25-37(36-16-9-7-10-17-36)30-43(46)44-31-38(26-29-47(44)49)39-24-27-42-41-20-13-14-21-45(41)50(48(42)32-39)40-18-11-8-12-19-40;1-4-12-29(13-5-1)32-20-23-36-38-27-31(22-25-41(38)44(42(36)28-32)34-16-8-3-9-17-34)30-21-24-40-37(26-30)35-18-10-11-19-39(35)43(40)33-14-6-2-7-15-33/h5-32H,1-4H3;5-32H,1-2H2,3-4H3;1-28H/b6-5-,33-15+,34-22+,35-23+;15-6-,34-22+,35-23+;. The molecule has 144 heavy (non-hydrogen) atoms. The molecule has 0 N–H and O–H groups in total. The molecule has 0 aliphatic rings. The zero-order valence-corrected chi connectivity index (χ0v) is 81.6. The van der Waals surface area contributed by atoms with Crippen molar-refractivity contribution in [3.8, 4) is 89.5 Å². The van der Waals surface area contributed by atoms with Gasteiger partial charge in [-0.15, -0.1) is 0 Å². The van der Waals surface area contributed by atoms with Gasteiger partial charge in [-0.25, -0.2) is 0 Å². The van der Waals surface area contributed by atoms with Gasteiger partial charge in [-0.05, 0) is 300 Å². The van der Waals surface area contributed by atoms with E-state index in [0.717, 1.165) is 28.2 Å². The average Bonchev–Trinajstić information content (AvgIpc) is 1.58. The highest BCUT2D eigenvalue weighted by Crippen LogP contribution is 2.46. The summed E-state index contributed by atoms with van der Waals surface area (Å²) in [5.41, 5.74) is 40.6. The van der Waals surface area contributed by atoms with Gasteiger partial charge in [0.1, 0.15) is 0 Å². The topological polar surface area (TPSA) is 29.6 Å². The van der Waals surface area contributed by atoms with Crippen LogP contribution in [0.25, 0.3) is 232 Å². The van der Waals surface area contributed by atoms with Crippen molar-refractivity contribution in [3.63, 3.8) is 0 Å². The summed E-state index contributed by atoms with van der Waals surface area (Å²) in [4.78, 5) is 0. The molecule has 0 fully saturated rings. The molecule has 25 rings (SSSR count). The second kappa shape index (κ2) is 38.8. The third-order valence-electron chi connectivity index (χ3n) is 28.7. The molecule has 0 saturated heterocycles. The molecule has 0 aliphatic heterocycles. The molecule has 6 heterocycles. The summed E-state index contributed by atoms with van der Waals surface area (Å²) in [6, 6.07) is 163. The molecule has 6 heteroatoms. The number of fused-ring (bicyclic) bond motifs is 18. The maximum absolute atomic E-state index is 4.22. The summed E-state index contributed by atoms with van der Waals surface area (Å²) in [7, 11) is 0.